The summed E-state index contributed by atoms with van der Waals surface area (Å²) in [6.07, 6.45) is 0. The van der Waals surface area contributed by atoms with E-state index in [1.165, 1.54) is 0 Å². The highest BCUT2D eigenvalue weighted by Crippen LogP contribution is 2.27. The molecule has 3 nitrogen and oxygen atoms in total. The molecule has 0 atom stereocenters. The van der Waals surface area contributed by atoms with E-state index in [4.69, 9.17) is 5.26 Å². The fraction of sp³-hybridized carbons (Fsp3) is 0.167. The summed E-state index contributed by atoms with van der Waals surface area (Å²) in [6.45, 7) is 1.85. The Morgan fingerprint density at radius 3 is 2.62 bits per heavy atom. The van der Waals surface area contributed by atoms with Crippen LogP contribution in [-0.2, 0) is 7.05 Å². The van der Waals surface area contributed by atoms with Crippen LogP contribution in [0.3, 0.4) is 0 Å². The molecule has 0 aliphatic rings. The third-order valence-corrected chi connectivity index (χ3v) is 3.18. The van der Waals surface area contributed by atoms with Crippen LogP contribution in [-0.4, -0.2) is 9.55 Å². The smallest absolute Gasteiger partial charge is 0.143 e. The first-order valence-electron chi connectivity index (χ1n) is 4.83. The Bertz CT molecular complexity index is 578. The standard InChI is InChI=1S/C12H10BrN3/c1-8-11(7-14)16(2)12(15-8)9-5-3-4-6-10(9)13/h3-6H,1-2H3. The van der Waals surface area contributed by atoms with E-state index in [2.05, 4.69) is 27.0 Å². The SMILES string of the molecule is Cc1nc(-c2ccccc2Br)n(C)c1C#N. The minimum atomic E-state index is 0.603. The normalized spacial score (nSPS) is 10.1. The average Bonchev–Trinajstić information content (AvgIpc) is 2.55. The van der Waals surface area contributed by atoms with Crippen LogP contribution in [0.5, 0.6) is 0 Å². The minimum absolute atomic E-state index is 0.603. The number of imidazole rings is 1. The maximum Gasteiger partial charge on any atom is 0.143 e. The van der Waals surface area contributed by atoms with Crippen LogP contribution in [0.4, 0.5) is 0 Å². The Balaban J connectivity index is 2.68. The number of nitriles is 1. The van der Waals surface area contributed by atoms with Gasteiger partial charge in [-0.2, -0.15) is 5.26 Å². The first-order chi connectivity index (χ1) is 7.65. The highest BCUT2D eigenvalue weighted by Gasteiger charge is 2.14. The molecule has 0 spiro atoms. The molecule has 0 bridgehead atoms. The zero-order valence-electron chi connectivity index (χ0n) is 9.03. The molecule has 0 amide bonds. The van der Waals surface area contributed by atoms with E-state index in [-0.39, 0.29) is 0 Å². The fourth-order valence-electron chi connectivity index (χ4n) is 1.67. The van der Waals surface area contributed by atoms with Crippen molar-refractivity contribution in [2.75, 3.05) is 0 Å². The summed E-state index contributed by atoms with van der Waals surface area (Å²) in [5.74, 6) is 0.807. The number of aryl methyl sites for hydroxylation is 1. The van der Waals surface area contributed by atoms with Crippen molar-refractivity contribution in [2.24, 2.45) is 7.05 Å². The molecular formula is C12H10BrN3. The van der Waals surface area contributed by atoms with Gasteiger partial charge in [-0.3, -0.25) is 0 Å². The lowest BCUT2D eigenvalue weighted by molar-refractivity contribution is 0.905. The number of hydrogen-bond acceptors (Lipinski definition) is 2. The summed E-state index contributed by atoms with van der Waals surface area (Å²) in [7, 11) is 1.85. The van der Waals surface area contributed by atoms with Crippen LogP contribution >= 0.6 is 15.9 Å². The van der Waals surface area contributed by atoms with Gasteiger partial charge in [0.1, 0.15) is 17.6 Å². The highest BCUT2D eigenvalue weighted by molar-refractivity contribution is 9.10. The number of aromatic nitrogens is 2. The Kier molecular flexibility index (Phi) is 2.80. The zero-order valence-corrected chi connectivity index (χ0v) is 10.6. The number of nitrogens with zero attached hydrogens (tertiary/aromatic N) is 3. The van der Waals surface area contributed by atoms with Crippen molar-refractivity contribution in [3.63, 3.8) is 0 Å². The van der Waals surface area contributed by atoms with Crippen molar-refractivity contribution < 1.29 is 0 Å². The lowest BCUT2D eigenvalue weighted by Crippen LogP contribution is -1.96. The van der Waals surface area contributed by atoms with Crippen LogP contribution in [0.25, 0.3) is 11.4 Å². The van der Waals surface area contributed by atoms with E-state index in [0.29, 0.717) is 5.69 Å². The van der Waals surface area contributed by atoms with Gasteiger partial charge in [-0.25, -0.2) is 4.98 Å². The Labute approximate surface area is 102 Å². The molecule has 0 fully saturated rings. The predicted molar refractivity (Wildman–Crippen MR) is 65.8 cm³/mol. The van der Waals surface area contributed by atoms with Crippen LogP contribution < -0.4 is 0 Å². The summed E-state index contributed by atoms with van der Waals surface area (Å²) in [5, 5.41) is 9.01. The molecule has 1 heterocycles. The predicted octanol–water partition coefficient (Wildman–Crippen LogP) is 3.03. The first-order valence-corrected chi connectivity index (χ1v) is 5.62. The maximum atomic E-state index is 9.01. The second-order valence-corrected chi connectivity index (χ2v) is 4.37. The molecule has 1 aromatic carbocycles. The molecule has 2 aromatic rings. The van der Waals surface area contributed by atoms with Crippen molar-refractivity contribution in [1.29, 1.82) is 5.26 Å². The van der Waals surface area contributed by atoms with Gasteiger partial charge in [0.05, 0.1) is 5.69 Å². The third-order valence-electron chi connectivity index (χ3n) is 2.49. The number of rotatable bonds is 1. The maximum absolute atomic E-state index is 9.01. The van der Waals surface area contributed by atoms with Gasteiger partial charge in [-0.1, -0.05) is 34.1 Å². The van der Waals surface area contributed by atoms with Gasteiger partial charge in [-0.05, 0) is 13.0 Å². The quantitative estimate of drug-likeness (QED) is 0.803. The molecule has 0 saturated carbocycles. The monoisotopic (exact) mass is 275 g/mol. The summed E-state index contributed by atoms with van der Waals surface area (Å²) >= 11 is 3.49. The van der Waals surface area contributed by atoms with E-state index in [1.807, 2.05) is 42.8 Å². The molecular weight excluding hydrogens is 266 g/mol. The van der Waals surface area contributed by atoms with E-state index in [9.17, 15) is 0 Å². The van der Waals surface area contributed by atoms with Gasteiger partial charge in [0, 0.05) is 17.1 Å². The van der Waals surface area contributed by atoms with Crippen molar-refractivity contribution in [2.45, 2.75) is 6.92 Å². The van der Waals surface area contributed by atoms with Gasteiger partial charge in [0.2, 0.25) is 0 Å². The highest BCUT2D eigenvalue weighted by atomic mass is 79.9. The second kappa shape index (κ2) is 4.11. The van der Waals surface area contributed by atoms with E-state index in [1.54, 1.807) is 0 Å². The molecule has 0 saturated heterocycles. The van der Waals surface area contributed by atoms with E-state index >= 15 is 0 Å². The van der Waals surface area contributed by atoms with Crippen molar-refractivity contribution in [1.82, 2.24) is 9.55 Å². The van der Waals surface area contributed by atoms with Crippen LogP contribution in [0.2, 0.25) is 0 Å². The lowest BCUT2D eigenvalue weighted by atomic mass is 10.2. The fourth-order valence-corrected chi connectivity index (χ4v) is 2.14. The molecule has 80 valence electrons. The summed E-state index contributed by atoms with van der Waals surface area (Å²) in [5.41, 5.74) is 2.36. The van der Waals surface area contributed by atoms with Gasteiger partial charge in [-0.15, -0.1) is 0 Å². The molecule has 0 aliphatic heterocycles. The van der Waals surface area contributed by atoms with E-state index < -0.39 is 0 Å². The van der Waals surface area contributed by atoms with Gasteiger partial charge >= 0.3 is 0 Å². The average molecular weight is 276 g/mol. The molecule has 0 radical (unpaired) electrons. The van der Waals surface area contributed by atoms with Crippen LogP contribution in [0.15, 0.2) is 28.7 Å². The number of benzene rings is 1. The van der Waals surface area contributed by atoms with Crippen molar-refractivity contribution in [3.05, 3.63) is 40.1 Å². The summed E-state index contributed by atoms with van der Waals surface area (Å²) in [4.78, 5) is 4.42. The van der Waals surface area contributed by atoms with Gasteiger partial charge < -0.3 is 4.57 Å². The number of hydrogen-bond donors (Lipinski definition) is 0. The zero-order chi connectivity index (χ0) is 11.7. The third kappa shape index (κ3) is 1.63. The summed E-state index contributed by atoms with van der Waals surface area (Å²) < 4.78 is 2.79. The molecule has 0 N–H and O–H groups in total. The van der Waals surface area contributed by atoms with Crippen molar-refractivity contribution >= 4 is 15.9 Å². The molecule has 0 aliphatic carbocycles. The Morgan fingerprint density at radius 1 is 1.38 bits per heavy atom. The largest absolute Gasteiger partial charge is 0.319 e. The number of halogens is 1. The van der Waals surface area contributed by atoms with Crippen LogP contribution in [0, 0.1) is 18.3 Å². The summed E-state index contributed by atoms with van der Waals surface area (Å²) in [6, 6.07) is 10.0. The molecule has 1 aromatic heterocycles. The topological polar surface area (TPSA) is 41.6 Å². The second-order valence-electron chi connectivity index (χ2n) is 3.52. The lowest BCUT2D eigenvalue weighted by Gasteiger charge is -2.04. The molecule has 2 rings (SSSR count). The molecule has 16 heavy (non-hydrogen) atoms. The van der Waals surface area contributed by atoms with E-state index in [0.717, 1.165) is 21.6 Å². The molecule has 4 heteroatoms. The van der Waals surface area contributed by atoms with Gasteiger partial charge in [0.25, 0.3) is 0 Å². The first kappa shape index (κ1) is 10.9. The minimum Gasteiger partial charge on any atom is -0.319 e. The molecule has 0 unspecified atom stereocenters. The van der Waals surface area contributed by atoms with Crippen LogP contribution in [0.1, 0.15) is 11.4 Å². The van der Waals surface area contributed by atoms with Gasteiger partial charge in [0.15, 0.2) is 0 Å². The van der Waals surface area contributed by atoms with Crippen molar-refractivity contribution in [3.8, 4) is 17.5 Å². The Morgan fingerprint density at radius 2 is 2.06 bits per heavy atom. The Hall–Kier alpha value is -1.60.